The largest absolute Gasteiger partial charge is 0.337 e. The summed E-state index contributed by atoms with van der Waals surface area (Å²) in [5.74, 6) is 0.735. The van der Waals surface area contributed by atoms with Gasteiger partial charge in [0.1, 0.15) is 6.04 Å². The zero-order valence-electron chi connectivity index (χ0n) is 14.7. The lowest BCUT2D eigenvalue weighted by Crippen LogP contribution is -2.38. The molecule has 1 fully saturated rings. The minimum atomic E-state index is -0.281. The fourth-order valence-electron chi connectivity index (χ4n) is 3.34. The summed E-state index contributed by atoms with van der Waals surface area (Å²) in [6, 6.07) is 11.8. The molecule has 1 unspecified atom stereocenters. The van der Waals surface area contributed by atoms with E-state index in [4.69, 9.17) is 39.3 Å². The quantitative estimate of drug-likeness (QED) is 0.500. The van der Waals surface area contributed by atoms with E-state index in [-0.39, 0.29) is 11.9 Å². The number of nitrogens with zero attached hydrogens (tertiary/aromatic N) is 3. The van der Waals surface area contributed by atoms with Gasteiger partial charge in [0, 0.05) is 22.7 Å². The van der Waals surface area contributed by atoms with Gasteiger partial charge in [0.05, 0.1) is 10.0 Å². The lowest BCUT2D eigenvalue weighted by molar-refractivity contribution is 0.0561. The van der Waals surface area contributed by atoms with E-state index in [0.717, 1.165) is 24.8 Å². The van der Waals surface area contributed by atoms with Gasteiger partial charge in [-0.1, -0.05) is 52.1 Å². The molecule has 4 rings (SSSR count). The number of hydrogen-bond donors (Lipinski definition) is 0. The van der Waals surface area contributed by atoms with Gasteiger partial charge in [-0.15, -0.1) is 0 Å². The Morgan fingerprint density at radius 3 is 2.71 bits per heavy atom. The number of carbonyl (C=O) groups excluding carboxylic acids is 1. The topological polar surface area (TPSA) is 59.2 Å². The van der Waals surface area contributed by atoms with Crippen LogP contribution in [0.25, 0.3) is 11.4 Å². The van der Waals surface area contributed by atoms with Gasteiger partial charge in [0.25, 0.3) is 5.91 Å². The van der Waals surface area contributed by atoms with E-state index in [1.54, 1.807) is 35.2 Å². The van der Waals surface area contributed by atoms with E-state index >= 15 is 0 Å². The third-order valence-electron chi connectivity index (χ3n) is 4.74. The van der Waals surface area contributed by atoms with Crippen LogP contribution in [-0.2, 0) is 0 Å². The Labute approximate surface area is 177 Å². The van der Waals surface area contributed by atoms with E-state index in [1.165, 1.54) is 0 Å². The van der Waals surface area contributed by atoms with Crippen molar-refractivity contribution in [1.29, 1.82) is 0 Å². The van der Waals surface area contributed by atoms with Gasteiger partial charge in [-0.05, 0) is 49.6 Å². The molecule has 0 spiro atoms. The molecule has 3 aromatic rings. The third kappa shape index (κ3) is 3.88. The molecule has 0 N–H and O–H groups in total. The van der Waals surface area contributed by atoms with E-state index in [1.807, 2.05) is 12.1 Å². The molecular weight excluding hydrogens is 421 g/mol. The van der Waals surface area contributed by atoms with Gasteiger partial charge in [0.2, 0.25) is 11.7 Å². The summed E-state index contributed by atoms with van der Waals surface area (Å²) >= 11 is 18.1. The molecule has 144 valence electrons. The highest BCUT2D eigenvalue weighted by Crippen LogP contribution is 2.33. The van der Waals surface area contributed by atoms with Crippen LogP contribution in [0, 0.1) is 0 Å². The lowest BCUT2D eigenvalue weighted by atomic mass is 10.0. The Morgan fingerprint density at radius 1 is 1.07 bits per heavy atom. The predicted octanol–water partition coefficient (Wildman–Crippen LogP) is 6.06. The first-order chi connectivity index (χ1) is 13.5. The molecule has 0 aliphatic carbocycles. The number of rotatable bonds is 3. The van der Waals surface area contributed by atoms with Gasteiger partial charge < -0.3 is 9.42 Å². The Hall–Kier alpha value is -2.08. The zero-order valence-corrected chi connectivity index (χ0v) is 17.0. The van der Waals surface area contributed by atoms with E-state index in [9.17, 15) is 4.79 Å². The van der Waals surface area contributed by atoms with Gasteiger partial charge in [-0.25, -0.2) is 0 Å². The minimum absolute atomic E-state index is 0.134. The fourth-order valence-corrected chi connectivity index (χ4v) is 3.83. The van der Waals surface area contributed by atoms with Crippen LogP contribution in [0.5, 0.6) is 0 Å². The summed E-state index contributed by atoms with van der Waals surface area (Å²) in [7, 11) is 0. The number of amides is 1. The van der Waals surface area contributed by atoms with Crippen LogP contribution >= 0.6 is 34.8 Å². The fraction of sp³-hybridized carbons (Fsp3) is 0.250. The number of carbonyl (C=O) groups is 1. The number of benzene rings is 2. The van der Waals surface area contributed by atoms with Crippen LogP contribution < -0.4 is 0 Å². The highest BCUT2D eigenvalue weighted by molar-refractivity contribution is 6.42. The van der Waals surface area contributed by atoms with Crippen molar-refractivity contribution in [2.75, 3.05) is 6.54 Å². The summed E-state index contributed by atoms with van der Waals surface area (Å²) < 4.78 is 5.51. The molecule has 1 aliphatic heterocycles. The molecule has 8 heteroatoms. The number of halogens is 3. The van der Waals surface area contributed by atoms with Crippen molar-refractivity contribution in [3.63, 3.8) is 0 Å². The number of hydrogen-bond acceptors (Lipinski definition) is 4. The molecular formula is C20H16Cl3N3O2. The van der Waals surface area contributed by atoms with Gasteiger partial charge in [-0.3, -0.25) is 4.79 Å². The Balaban J connectivity index is 1.62. The average molecular weight is 437 g/mol. The van der Waals surface area contributed by atoms with Crippen molar-refractivity contribution in [2.45, 2.75) is 25.3 Å². The molecule has 1 aromatic heterocycles. The van der Waals surface area contributed by atoms with Gasteiger partial charge >= 0.3 is 0 Å². The predicted molar refractivity (Wildman–Crippen MR) is 109 cm³/mol. The molecule has 1 atom stereocenters. The lowest BCUT2D eigenvalue weighted by Gasteiger charge is -2.33. The first kappa shape index (κ1) is 19.2. The van der Waals surface area contributed by atoms with Crippen molar-refractivity contribution in [2.24, 2.45) is 0 Å². The second kappa shape index (κ2) is 8.11. The maximum absolute atomic E-state index is 13.1. The third-order valence-corrected chi connectivity index (χ3v) is 5.71. The Morgan fingerprint density at radius 2 is 1.93 bits per heavy atom. The molecule has 1 amide bonds. The van der Waals surface area contributed by atoms with Crippen molar-refractivity contribution in [3.8, 4) is 11.4 Å². The van der Waals surface area contributed by atoms with Crippen LogP contribution in [0.15, 0.2) is 47.0 Å². The van der Waals surface area contributed by atoms with E-state index < -0.39 is 0 Å². The number of aromatic nitrogens is 2. The van der Waals surface area contributed by atoms with Gasteiger partial charge in [-0.2, -0.15) is 4.98 Å². The number of likely N-dealkylation sites (tertiary alicyclic amines) is 1. The summed E-state index contributed by atoms with van der Waals surface area (Å²) in [6.07, 6.45) is 2.65. The molecule has 0 saturated carbocycles. The first-order valence-corrected chi connectivity index (χ1v) is 10.0. The van der Waals surface area contributed by atoms with Crippen molar-refractivity contribution in [3.05, 3.63) is 69.0 Å². The highest BCUT2D eigenvalue weighted by Gasteiger charge is 2.33. The summed E-state index contributed by atoms with van der Waals surface area (Å²) in [5.41, 5.74) is 1.25. The van der Waals surface area contributed by atoms with Crippen LogP contribution in [0.4, 0.5) is 0 Å². The van der Waals surface area contributed by atoms with Crippen molar-refractivity contribution >= 4 is 40.7 Å². The molecule has 1 aliphatic rings. The molecule has 5 nitrogen and oxygen atoms in total. The summed E-state index contributed by atoms with van der Waals surface area (Å²) in [6.45, 7) is 0.610. The first-order valence-electron chi connectivity index (χ1n) is 8.88. The van der Waals surface area contributed by atoms with Crippen LogP contribution in [0.2, 0.25) is 15.1 Å². The maximum Gasteiger partial charge on any atom is 0.254 e. The molecule has 0 radical (unpaired) electrons. The van der Waals surface area contributed by atoms with Crippen LogP contribution in [-0.4, -0.2) is 27.5 Å². The molecule has 2 aromatic carbocycles. The second-order valence-electron chi connectivity index (χ2n) is 6.61. The molecule has 1 saturated heterocycles. The van der Waals surface area contributed by atoms with Gasteiger partial charge in [0.15, 0.2) is 0 Å². The van der Waals surface area contributed by atoms with Crippen LogP contribution in [0.1, 0.15) is 41.6 Å². The average Bonchev–Trinajstić information content (AvgIpc) is 3.20. The van der Waals surface area contributed by atoms with Crippen molar-refractivity contribution < 1.29 is 9.32 Å². The smallest absolute Gasteiger partial charge is 0.254 e. The monoisotopic (exact) mass is 435 g/mol. The zero-order chi connectivity index (χ0) is 19.7. The highest BCUT2D eigenvalue weighted by atomic mass is 35.5. The van der Waals surface area contributed by atoms with E-state index in [2.05, 4.69) is 10.1 Å². The Bertz CT molecular complexity index is 1020. The second-order valence-corrected chi connectivity index (χ2v) is 7.86. The molecule has 0 bridgehead atoms. The summed E-state index contributed by atoms with van der Waals surface area (Å²) in [4.78, 5) is 19.4. The normalized spacial score (nSPS) is 17.0. The number of piperidine rings is 1. The molecule has 2 heterocycles. The maximum atomic E-state index is 13.1. The minimum Gasteiger partial charge on any atom is -0.337 e. The standard InChI is InChI=1S/C20H16Cl3N3O2/c21-14-5-3-4-12(10-14)18-24-19(28-25-18)17-6-1-2-9-26(17)20(27)13-7-8-15(22)16(23)11-13/h3-5,7-8,10-11,17H,1-2,6,9H2. The van der Waals surface area contributed by atoms with Crippen LogP contribution in [0.3, 0.4) is 0 Å². The Kier molecular flexibility index (Phi) is 5.58. The van der Waals surface area contributed by atoms with E-state index in [0.29, 0.717) is 38.9 Å². The summed E-state index contributed by atoms with van der Waals surface area (Å²) in [5, 5.41) is 5.43. The van der Waals surface area contributed by atoms with Crippen molar-refractivity contribution in [1.82, 2.24) is 15.0 Å². The SMILES string of the molecule is O=C(c1ccc(Cl)c(Cl)c1)N1CCCCC1c1nc(-c2cccc(Cl)c2)no1. The molecule has 28 heavy (non-hydrogen) atoms.